The van der Waals surface area contributed by atoms with Crippen molar-refractivity contribution in [1.82, 2.24) is 19.2 Å². The number of hydrogen-bond donors (Lipinski definition) is 1. The van der Waals surface area contributed by atoms with E-state index in [1.165, 1.54) is 35.0 Å². The lowest BCUT2D eigenvalue weighted by Crippen LogP contribution is -2.36. The number of carbonyl (C=O) groups is 2. The predicted molar refractivity (Wildman–Crippen MR) is 108 cm³/mol. The number of amides is 2. The monoisotopic (exact) mass is 409 g/mol. The molecule has 0 atom stereocenters. The van der Waals surface area contributed by atoms with Crippen LogP contribution in [0.2, 0.25) is 0 Å². The molecule has 1 aliphatic rings. The first-order valence-electron chi connectivity index (χ1n) is 9.50. The van der Waals surface area contributed by atoms with Gasteiger partial charge in [0.15, 0.2) is 0 Å². The maximum atomic E-state index is 13.4. The Morgan fingerprint density at radius 3 is 2.77 bits per heavy atom. The summed E-state index contributed by atoms with van der Waals surface area (Å²) < 4.78 is 16.5. The van der Waals surface area contributed by atoms with Gasteiger partial charge in [-0.25, -0.2) is 4.39 Å². The van der Waals surface area contributed by atoms with Crippen LogP contribution in [-0.2, 0) is 20.1 Å². The summed E-state index contributed by atoms with van der Waals surface area (Å²) >= 11 is 0. The van der Waals surface area contributed by atoms with Crippen LogP contribution in [0.5, 0.6) is 0 Å². The molecule has 1 aromatic carbocycles. The second-order valence-electron chi connectivity index (χ2n) is 7.11. The van der Waals surface area contributed by atoms with Crippen LogP contribution in [0, 0.1) is 5.82 Å². The molecule has 0 unspecified atom stereocenters. The van der Waals surface area contributed by atoms with Gasteiger partial charge < -0.3 is 14.8 Å². The second kappa shape index (κ2) is 7.94. The molecule has 2 amide bonds. The van der Waals surface area contributed by atoms with Crippen LogP contribution in [-0.4, -0.2) is 37.6 Å². The van der Waals surface area contributed by atoms with Crippen molar-refractivity contribution in [3.63, 3.8) is 0 Å². The van der Waals surface area contributed by atoms with E-state index in [1.54, 1.807) is 35.0 Å². The van der Waals surface area contributed by atoms with Crippen LogP contribution in [0.3, 0.4) is 0 Å². The molecule has 3 heterocycles. The van der Waals surface area contributed by atoms with Gasteiger partial charge in [0, 0.05) is 32.0 Å². The number of nitrogens with one attached hydrogen (secondary N) is 1. The number of pyridine rings is 1. The lowest BCUT2D eigenvalue weighted by molar-refractivity contribution is 0.0741. The topological polar surface area (TPSA) is 89.2 Å². The zero-order valence-electron chi connectivity index (χ0n) is 16.3. The van der Waals surface area contributed by atoms with E-state index in [4.69, 9.17) is 0 Å². The number of aromatic nitrogens is 3. The Hall–Kier alpha value is -3.75. The zero-order valence-corrected chi connectivity index (χ0v) is 16.3. The SMILES string of the molecule is Cn1cccc(C(=O)N2CCCn3ncc(C(=O)Nc4cccc(F)c4)c3C2)c1=O. The summed E-state index contributed by atoms with van der Waals surface area (Å²) in [6, 6.07) is 8.76. The van der Waals surface area contributed by atoms with Gasteiger partial charge in [-0.15, -0.1) is 0 Å². The maximum Gasteiger partial charge on any atom is 0.263 e. The molecule has 4 rings (SSSR count). The van der Waals surface area contributed by atoms with Gasteiger partial charge in [0.1, 0.15) is 11.4 Å². The van der Waals surface area contributed by atoms with Crippen molar-refractivity contribution in [2.24, 2.45) is 7.05 Å². The molecule has 0 fully saturated rings. The average Bonchev–Trinajstić information content (AvgIpc) is 2.99. The molecule has 0 saturated carbocycles. The number of rotatable bonds is 3. The van der Waals surface area contributed by atoms with Crippen molar-refractivity contribution in [2.75, 3.05) is 11.9 Å². The van der Waals surface area contributed by atoms with Crippen molar-refractivity contribution in [2.45, 2.75) is 19.5 Å². The molecule has 154 valence electrons. The summed E-state index contributed by atoms with van der Waals surface area (Å²) in [5.74, 6) is -1.28. The molecule has 0 radical (unpaired) electrons. The van der Waals surface area contributed by atoms with Crippen molar-refractivity contribution in [3.05, 3.63) is 81.8 Å². The Kier molecular flexibility index (Phi) is 5.18. The minimum Gasteiger partial charge on any atom is -0.332 e. The smallest absolute Gasteiger partial charge is 0.263 e. The minimum atomic E-state index is -0.456. The Morgan fingerprint density at radius 1 is 1.13 bits per heavy atom. The highest BCUT2D eigenvalue weighted by Gasteiger charge is 2.27. The van der Waals surface area contributed by atoms with Gasteiger partial charge in [-0.2, -0.15) is 5.10 Å². The molecule has 1 N–H and O–H groups in total. The molecule has 3 aromatic rings. The fourth-order valence-corrected chi connectivity index (χ4v) is 3.50. The summed E-state index contributed by atoms with van der Waals surface area (Å²) in [4.78, 5) is 39.7. The van der Waals surface area contributed by atoms with E-state index in [0.717, 1.165) is 0 Å². The predicted octanol–water partition coefficient (Wildman–Crippen LogP) is 2.02. The molecular formula is C21H20FN5O3. The number of anilines is 1. The molecule has 9 heteroatoms. The molecule has 0 aliphatic carbocycles. The molecule has 30 heavy (non-hydrogen) atoms. The lowest BCUT2D eigenvalue weighted by atomic mass is 10.2. The molecule has 0 spiro atoms. The van der Waals surface area contributed by atoms with Crippen LogP contribution < -0.4 is 10.9 Å². The summed E-state index contributed by atoms with van der Waals surface area (Å²) in [5.41, 5.74) is 0.916. The number of hydrogen-bond acceptors (Lipinski definition) is 4. The van der Waals surface area contributed by atoms with E-state index >= 15 is 0 Å². The third-order valence-corrected chi connectivity index (χ3v) is 5.06. The highest BCUT2D eigenvalue weighted by atomic mass is 19.1. The van der Waals surface area contributed by atoms with E-state index in [0.29, 0.717) is 36.5 Å². The third-order valence-electron chi connectivity index (χ3n) is 5.06. The molecule has 8 nitrogen and oxygen atoms in total. The second-order valence-corrected chi connectivity index (χ2v) is 7.11. The number of nitrogens with zero attached hydrogens (tertiary/aromatic N) is 4. The highest BCUT2D eigenvalue weighted by molar-refractivity contribution is 6.05. The number of halogens is 1. The number of fused-ring (bicyclic) bond motifs is 1. The lowest BCUT2D eigenvalue weighted by Gasteiger charge is -2.20. The van der Waals surface area contributed by atoms with Crippen LogP contribution in [0.25, 0.3) is 0 Å². The third kappa shape index (κ3) is 3.73. The molecule has 1 aliphatic heterocycles. The van der Waals surface area contributed by atoms with Gasteiger partial charge in [0.25, 0.3) is 17.4 Å². The zero-order chi connectivity index (χ0) is 21.3. The van der Waals surface area contributed by atoms with E-state index in [2.05, 4.69) is 10.4 Å². The minimum absolute atomic E-state index is 0.0822. The molecule has 0 saturated heterocycles. The van der Waals surface area contributed by atoms with Gasteiger partial charge in [0.05, 0.1) is 24.0 Å². The van der Waals surface area contributed by atoms with E-state index in [1.807, 2.05) is 0 Å². The molecular weight excluding hydrogens is 389 g/mol. The van der Waals surface area contributed by atoms with Gasteiger partial charge in [-0.3, -0.25) is 19.1 Å². The van der Waals surface area contributed by atoms with E-state index in [-0.39, 0.29) is 23.6 Å². The van der Waals surface area contributed by atoms with Gasteiger partial charge >= 0.3 is 0 Å². The van der Waals surface area contributed by atoms with Crippen molar-refractivity contribution in [3.8, 4) is 0 Å². The summed E-state index contributed by atoms with van der Waals surface area (Å²) in [6.45, 7) is 1.12. The van der Waals surface area contributed by atoms with Crippen molar-refractivity contribution in [1.29, 1.82) is 0 Å². The quantitative estimate of drug-likeness (QED) is 0.717. The van der Waals surface area contributed by atoms with E-state index < -0.39 is 11.7 Å². The highest BCUT2D eigenvalue weighted by Crippen LogP contribution is 2.20. The van der Waals surface area contributed by atoms with E-state index in [9.17, 15) is 18.8 Å². The van der Waals surface area contributed by atoms with Gasteiger partial charge in [-0.1, -0.05) is 6.07 Å². The van der Waals surface area contributed by atoms with Crippen LogP contribution in [0.1, 0.15) is 32.8 Å². The van der Waals surface area contributed by atoms with Crippen LogP contribution in [0.4, 0.5) is 10.1 Å². The standard InChI is InChI=1S/C21H20FN5O3/c1-25-8-3-7-16(20(25)29)21(30)26-9-4-10-27-18(13-26)17(12-23-27)19(28)24-15-6-2-5-14(22)11-15/h2-3,5-8,11-12H,4,9-10,13H2,1H3,(H,24,28). The molecule has 2 aromatic heterocycles. The molecule has 0 bridgehead atoms. The Labute approximate surface area is 171 Å². The summed E-state index contributed by atoms with van der Waals surface area (Å²) in [5, 5.41) is 6.93. The number of aryl methyl sites for hydroxylation is 2. The normalized spacial score (nSPS) is 13.5. The van der Waals surface area contributed by atoms with Crippen LogP contribution >= 0.6 is 0 Å². The Bertz CT molecular complexity index is 1180. The van der Waals surface area contributed by atoms with Gasteiger partial charge in [0.2, 0.25) is 0 Å². The summed E-state index contributed by atoms with van der Waals surface area (Å²) in [7, 11) is 1.59. The first-order chi connectivity index (χ1) is 14.4. The maximum absolute atomic E-state index is 13.4. The fraction of sp³-hybridized carbons (Fsp3) is 0.238. The largest absolute Gasteiger partial charge is 0.332 e. The van der Waals surface area contributed by atoms with Crippen molar-refractivity contribution >= 4 is 17.5 Å². The first-order valence-corrected chi connectivity index (χ1v) is 9.50. The first kappa shape index (κ1) is 19.6. The number of benzene rings is 1. The van der Waals surface area contributed by atoms with Crippen molar-refractivity contribution < 1.29 is 14.0 Å². The fourth-order valence-electron chi connectivity index (χ4n) is 3.50. The number of carbonyl (C=O) groups excluding carboxylic acids is 2. The summed E-state index contributed by atoms with van der Waals surface area (Å²) in [6.07, 6.45) is 3.67. The average molecular weight is 409 g/mol. The van der Waals surface area contributed by atoms with Crippen LogP contribution in [0.15, 0.2) is 53.6 Å². The van der Waals surface area contributed by atoms with Gasteiger partial charge in [-0.05, 0) is 36.8 Å². The Morgan fingerprint density at radius 2 is 1.97 bits per heavy atom. The Balaban J connectivity index is 1.61.